The molecule has 1 saturated heterocycles. The van der Waals surface area contributed by atoms with Crippen molar-refractivity contribution < 1.29 is 39.9 Å². The van der Waals surface area contributed by atoms with Crippen molar-refractivity contribution in [3.8, 4) is 0 Å². The molecule has 1 aliphatic carbocycles. The lowest BCUT2D eigenvalue weighted by molar-refractivity contribution is -0.139. The van der Waals surface area contributed by atoms with E-state index in [4.69, 9.17) is 10.2 Å². The number of aliphatic carboxylic acids is 1. The second-order valence-electron chi connectivity index (χ2n) is 5.51. The van der Waals surface area contributed by atoms with Crippen LogP contribution in [0.4, 0.5) is 0 Å². The SMILES string of the molecule is O=C(O)c1cc(C(=O)O)c2c(n1)=C(O)[C@@H](O)C1CC(C(=O)O)NC=21. The number of aromatic nitrogens is 1. The molecule has 1 fully saturated rings. The first-order valence-electron chi connectivity index (χ1n) is 6.84. The zero-order valence-corrected chi connectivity index (χ0v) is 11.9. The summed E-state index contributed by atoms with van der Waals surface area (Å²) in [5.74, 6) is -5.70. The summed E-state index contributed by atoms with van der Waals surface area (Å²) in [6.45, 7) is 0. The molecule has 2 aliphatic rings. The Morgan fingerprint density at radius 3 is 2.38 bits per heavy atom. The van der Waals surface area contributed by atoms with Gasteiger partial charge in [0.05, 0.1) is 5.56 Å². The number of carboxylic acids is 3. The fraction of sp³-hybridized carbons (Fsp3) is 0.286. The molecular weight excluding hydrogens is 324 g/mol. The number of nitrogens with one attached hydrogen (secondary N) is 1. The Bertz CT molecular complexity index is 906. The first-order chi connectivity index (χ1) is 11.2. The van der Waals surface area contributed by atoms with Crippen molar-refractivity contribution in [3.05, 3.63) is 27.9 Å². The highest BCUT2D eigenvalue weighted by atomic mass is 16.4. The average Bonchev–Trinajstić information content (AvgIpc) is 2.96. The number of carbonyl (C=O) groups is 3. The number of aliphatic hydroxyl groups excluding tert-OH is 2. The van der Waals surface area contributed by atoms with E-state index < -0.39 is 53.0 Å². The van der Waals surface area contributed by atoms with Crippen LogP contribution >= 0.6 is 0 Å². The highest BCUT2D eigenvalue weighted by Gasteiger charge is 2.42. The number of nitrogens with zero attached hydrogens (tertiary/aromatic N) is 1. The van der Waals surface area contributed by atoms with Crippen LogP contribution in [-0.4, -0.2) is 60.6 Å². The van der Waals surface area contributed by atoms with E-state index in [0.29, 0.717) is 0 Å². The van der Waals surface area contributed by atoms with Crippen LogP contribution in [0.15, 0.2) is 6.07 Å². The largest absolute Gasteiger partial charge is 0.507 e. The van der Waals surface area contributed by atoms with E-state index in [1.54, 1.807) is 0 Å². The van der Waals surface area contributed by atoms with Crippen LogP contribution in [-0.2, 0) is 4.79 Å². The minimum absolute atomic E-state index is 0.0604. The van der Waals surface area contributed by atoms with Crippen LogP contribution in [0.25, 0.3) is 11.5 Å². The molecule has 0 bridgehead atoms. The van der Waals surface area contributed by atoms with Crippen molar-refractivity contribution in [1.82, 2.24) is 10.3 Å². The van der Waals surface area contributed by atoms with Crippen LogP contribution in [0.1, 0.15) is 27.3 Å². The van der Waals surface area contributed by atoms with Gasteiger partial charge in [-0.05, 0) is 12.5 Å². The van der Waals surface area contributed by atoms with Gasteiger partial charge in [0.25, 0.3) is 0 Å². The van der Waals surface area contributed by atoms with Crippen molar-refractivity contribution in [2.24, 2.45) is 5.92 Å². The number of aromatic carboxylic acids is 2. The molecule has 0 aromatic carbocycles. The summed E-state index contributed by atoms with van der Waals surface area (Å²) >= 11 is 0. The lowest BCUT2D eigenvalue weighted by Gasteiger charge is -2.23. The Hall–Kier alpha value is -3.14. The number of rotatable bonds is 3. The predicted molar refractivity (Wildman–Crippen MR) is 75.5 cm³/mol. The third-order valence-electron chi connectivity index (χ3n) is 4.13. The number of hydrogen-bond donors (Lipinski definition) is 6. The summed E-state index contributed by atoms with van der Waals surface area (Å²) in [6, 6.07) is -0.242. The van der Waals surface area contributed by atoms with Crippen molar-refractivity contribution in [1.29, 1.82) is 0 Å². The van der Waals surface area contributed by atoms with Crippen LogP contribution in [0, 0.1) is 5.92 Å². The highest BCUT2D eigenvalue weighted by Crippen LogP contribution is 2.31. The fourth-order valence-electron chi connectivity index (χ4n) is 3.04. The maximum absolute atomic E-state index is 11.5. The zero-order valence-electron chi connectivity index (χ0n) is 11.9. The summed E-state index contributed by atoms with van der Waals surface area (Å²) in [4.78, 5) is 37.5. The Balaban J connectivity index is 2.42. The van der Waals surface area contributed by atoms with E-state index in [1.807, 2.05) is 0 Å². The Kier molecular flexibility index (Phi) is 3.41. The summed E-state index contributed by atoms with van der Waals surface area (Å²) in [6.07, 6.45) is -1.57. The normalized spacial score (nSPS) is 24.8. The molecule has 1 aromatic rings. The van der Waals surface area contributed by atoms with Crippen molar-refractivity contribution in [3.63, 3.8) is 0 Å². The van der Waals surface area contributed by atoms with Crippen molar-refractivity contribution in [2.75, 3.05) is 0 Å². The molecule has 1 aliphatic heterocycles. The van der Waals surface area contributed by atoms with Gasteiger partial charge in [0.15, 0.2) is 0 Å². The molecule has 2 unspecified atom stereocenters. The van der Waals surface area contributed by atoms with Gasteiger partial charge in [-0.3, -0.25) is 0 Å². The molecule has 0 radical (unpaired) electrons. The molecule has 3 atom stereocenters. The highest BCUT2D eigenvalue weighted by molar-refractivity contribution is 5.93. The molecule has 3 rings (SSSR count). The number of aliphatic hydroxyl groups is 2. The van der Waals surface area contributed by atoms with Gasteiger partial charge in [0, 0.05) is 16.8 Å². The predicted octanol–water partition coefficient (Wildman–Crippen LogP) is -2.31. The van der Waals surface area contributed by atoms with Gasteiger partial charge in [-0.1, -0.05) is 0 Å². The van der Waals surface area contributed by atoms with E-state index in [9.17, 15) is 29.7 Å². The number of hydrogen-bond acceptors (Lipinski definition) is 7. The van der Waals surface area contributed by atoms with Gasteiger partial charge >= 0.3 is 17.9 Å². The molecule has 126 valence electrons. The number of pyridine rings is 1. The third kappa shape index (κ3) is 2.15. The molecule has 0 saturated carbocycles. The van der Waals surface area contributed by atoms with E-state index in [1.165, 1.54) is 0 Å². The second-order valence-corrected chi connectivity index (χ2v) is 5.51. The molecule has 10 heteroatoms. The molecule has 1 aromatic heterocycles. The smallest absolute Gasteiger partial charge is 0.354 e. The van der Waals surface area contributed by atoms with Gasteiger partial charge in [-0.15, -0.1) is 0 Å². The Morgan fingerprint density at radius 1 is 1.17 bits per heavy atom. The summed E-state index contributed by atoms with van der Waals surface area (Å²) in [5, 5.41) is 50.0. The fourth-order valence-corrected chi connectivity index (χ4v) is 3.04. The molecule has 6 N–H and O–H groups in total. The maximum Gasteiger partial charge on any atom is 0.354 e. The van der Waals surface area contributed by atoms with Crippen molar-refractivity contribution in [2.45, 2.75) is 18.6 Å². The van der Waals surface area contributed by atoms with E-state index in [0.717, 1.165) is 6.07 Å². The average molecular weight is 336 g/mol. The van der Waals surface area contributed by atoms with E-state index >= 15 is 0 Å². The first-order valence-corrected chi connectivity index (χ1v) is 6.84. The first kappa shape index (κ1) is 15.7. The van der Waals surface area contributed by atoms with E-state index in [2.05, 4.69) is 10.3 Å². The lowest BCUT2D eigenvalue weighted by atomic mass is 9.89. The molecule has 10 nitrogen and oxygen atoms in total. The second kappa shape index (κ2) is 5.20. The van der Waals surface area contributed by atoms with E-state index in [-0.39, 0.29) is 22.7 Å². The molecule has 0 amide bonds. The van der Waals surface area contributed by atoms with Gasteiger partial charge < -0.3 is 30.8 Å². The minimum atomic E-state index is -1.51. The van der Waals surface area contributed by atoms with Crippen LogP contribution in [0.5, 0.6) is 0 Å². The van der Waals surface area contributed by atoms with Gasteiger partial charge in [-0.2, -0.15) is 0 Å². The zero-order chi connectivity index (χ0) is 17.8. The monoisotopic (exact) mass is 336 g/mol. The summed E-state index contributed by atoms with van der Waals surface area (Å²) in [7, 11) is 0. The van der Waals surface area contributed by atoms with Gasteiger partial charge in [0.2, 0.25) is 0 Å². The van der Waals surface area contributed by atoms with Crippen LogP contribution < -0.4 is 15.9 Å². The Labute approximate surface area is 133 Å². The summed E-state index contributed by atoms with van der Waals surface area (Å²) < 4.78 is 0. The molecular formula is C14H12N2O8. The lowest BCUT2D eigenvalue weighted by Crippen LogP contribution is -2.48. The minimum Gasteiger partial charge on any atom is -0.507 e. The molecule has 2 heterocycles. The summed E-state index contributed by atoms with van der Waals surface area (Å²) in [5.41, 5.74) is -0.948. The van der Waals surface area contributed by atoms with Crippen molar-refractivity contribution >= 4 is 29.4 Å². The van der Waals surface area contributed by atoms with Crippen LogP contribution in [0.3, 0.4) is 0 Å². The topological polar surface area (TPSA) is 177 Å². The van der Waals surface area contributed by atoms with Gasteiger partial charge in [-0.25, -0.2) is 19.4 Å². The third-order valence-corrected chi connectivity index (χ3v) is 4.13. The number of carboxylic acid groups (broad SMARTS) is 3. The molecule has 0 spiro atoms. The molecule has 24 heavy (non-hydrogen) atoms. The number of fused-ring (bicyclic) bond motifs is 2. The standard InChI is InChI=1S/C14H12N2O8/c17-10-4-2-6(14(23)24)15-8(4)7-3(12(19)20)1-5(13(21)22)16-9(7)11(10)18/h1,4,6,10,15,17-18H,2H2,(H,19,20)(H,21,22)(H,23,24)/t4?,6?,10-/m0/s1. The quantitative estimate of drug-likeness (QED) is 0.351. The van der Waals surface area contributed by atoms with Gasteiger partial charge in [0.1, 0.15) is 28.9 Å². The maximum atomic E-state index is 11.5. The Morgan fingerprint density at radius 2 is 1.83 bits per heavy atom. The van der Waals surface area contributed by atoms with Crippen LogP contribution in [0.2, 0.25) is 0 Å².